The zero-order chi connectivity index (χ0) is 20.4. The Morgan fingerprint density at radius 2 is 1.97 bits per heavy atom. The Balaban J connectivity index is 1.86. The number of ether oxygens (including phenoxy) is 1. The van der Waals surface area contributed by atoms with Crippen molar-refractivity contribution in [3.63, 3.8) is 0 Å². The Morgan fingerprint density at radius 1 is 1.21 bits per heavy atom. The normalized spacial score (nSPS) is 15.6. The zero-order valence-corrected chi connectivity index (χ0v) is 15.9. The highest BCUT2D eigenvalue weighted by atomic mass is 19.1. The topological polar surface area (TPSA) is 72.7 Å². The van der Waals surface area contributed by atoms with Crippen LogP contribution >= 0.6 is 0 Å². The average molecular weight is 393 g/mol. The van der Waals surface area contributed by atoms with Gasteiger partial charge in [-0.25, -0.2) is 9.18 Å². The second kappa shape index (κ2) is 7.87. The van der Waals surface area contributed by atoms with E-state index in [0.29, 0.717) is 29.9 Å². The summed E-state index contributed by atoms with van der Waals surface area (Å²) in [6, 6.07) is 12.6. The van der Waals surface area contributed by atoms with Gasteiger partial charge in [-0.2, -0.15) is 0 Å². The van der Waals surface area contributed by atoms with Crippen molar-refractivity contribution in [1.29, 1.82) is 0 Å². The SMILES string of the molecule is CCOC(=O)C1C=NCCc2c1n(C(=O)Nc1ccc(F)cc1)c1ccccc21. The lowest BCUT2D eigenvalue weighted by Crippen LogP contribution is -2.27. The minimum absolute atomic E-state index is 0.237. The first-order valence-corrected chi connectivity index (χ1v) is 9.46. The second-order valence-corrected chi connectivity index (χ2v) is 6.69. The molecule has 29 heavy (non-hydrogen) atoms. The molecule has 0 radical (unpaired) electrons. The third kappa shape index (κ3) is 3.51. The van der Waals surface area contributed by atoms with Crippen LogP contribution in [0.5, 0.6) is 0 Å². The van der Waals surface area contributed by atoms with Gasteiger partial charge in [0.25, 0.3) is 0 Å². The van der Waals surface area contributed by atoms with Crippen LogP contribution < -0.4 is 5.32 Å². The van der Waals surface area contributed by atoms with E-state index in [1.807, 2.05) is 24.3 Å². The number of hydrogen-bond donors (Lipinski definition) is 1. The predicted octanol–water partition coefficient (Wildman–Crippen LogP) is 4.13. The van der Waals surface area contributed by atoms with Gasteiger partial charge >= 0.3 is 12.0 Å². The number of nitrogens with one attached hydrogen (secondary N) is 1. The molecule has 0 aliphatic carbocycles. The number of fused-ring (bicyclic) bond motifs is 3. The Morgan fingerprint density at radius 3 is 2.72 bits per heavy atom. The van der Waals surface area contributed by atoms with Gasteiger partial charge in [-0.3, -0.25) is 14.4 Å². The summed E-state index contributed by atoms with van der Waals surface area (Å²) in [5.41, 5.74) is 2.62. The smallest absolute Gasteiger partial charge is 0.330 e. The van der Waals surface area contributed by atoms with E-state index >= 15 is 0 Å². The minimum Gasteiger partial charge on any atom is -0.465 e. The molecule has 7 heteroatoms. The number of esters is 1. The van der Waals surface area contributed by atoms with Gasteiger partial charge < -0.3 is 10.1 Å². The molecule has 0 saturated heterocycles. The van der Waals surface area contributed by atoms with Crippen LogP contribution in [0.1, 0.15) is 24.1 Å². The third-order valence-electron chi connectivity index (χ3n) is 4.90. The minimum atomic E-state index is -0.779. The number of nitrogens with zero attached hydrogens (tertiary/aromatic N) is 2. The van der Waals surface area contributed by atoms with E-state index in [2.05, 4.69) is 10.3 Å². The number of benzene rings is 2. The van der Waals surface area contributed by atoms with Crippen LogP contribution in [0.3, 0.4) is 0 Å². The van der Waals surface area contributed by atoms with E-state index in [1.54, 1.807) is 13.1 Å². The summed E-state index contributed by atoms with van der Waals surface area (Å²) in [6.07, 6.45) is 2.17. The molecule has 0 fully saturated rings. The molecule has 1 atom stereocenters. The molecule has 1 aliphatic heterocycles. The van der Waals surface area contributed by atoms with Gasteiger partial charge in [-0.05, 0) is 49.2 Å². The van der Waals surface area contributed by atoms with Crippen LogP contribution in [0.15, 0.2) is 53.5 Å². The van der Waals surface area contributed by atoms with Crippen LogP contribution in [0.2, 0.25) is 0 Å². The molecule has 1 aromatic heterocycles. The van der Waals surface area contributed by atoms with Gasteiger partial charge in [0.2, 0.25) is 0 Å². The molecule has 1 unspecified atom stereocenters. The summed E-state index contributed by atoms with van der Waals surface area (Å²) < 4.78 is 20.0. The van der Waals surface area contributed by atoms with E-state index in [4.69, 9.17) is 4.74 Å². The molecule has 0 spiro atoms. The fourth-order valence-electron chi connectivity index (χ4n) is 3.68. The number of para-hydroxylation sites is 1. The number of carbonyl (C=O) groups is 2. The molecule has 1 amide bonds. The van der Waals surface area contributed by atoms with Crippen LogP contribution in [-0.4, -0.2) is 35.9 Å². The molecule has 1 aliphatic rings. The van der Waals surface area contributed by atoms with Gasteiger partial charge in [0.15, 0.2) is 0 Å². The zero-order valence-electron chi connectivity index (χ0n) is 15.9. The lowest BCUT2D eigenvalue weighted by Gasteiger charge is -2.16. The highest BCUT2D eigenvalue weighted by Crippen LogP contribution is 2.33. The Hall–Kier alpha value is -3.48. The summed E-state index contributed by atoms with van der Waals surface area (Å²) in [6.45, 7) is 2.50. The van der Waals surface area contributed by atoms with Gasteiger partial charge in [-0.1, -0.05) is 18.2 Å². The van der Waals surface area contributed by atoms with E-state index in [0.717, 1.165) is 10.9 Å². The first kappa shape index (κ1) is 18.9. The summed E-state index contributed by atoms with van der Waals surface area (Å²) >= 11 is 0. The van der Waals surface area contributed by atoms with Crippen LogP contribution in [0.25, 0.3) is 10.9 Å². The van der Waals surface area contributed by atoms with Crippen molar-refractivity contribution in [2.24, 2.45) is 4.99 Å². The Kier molecular flexibility index (Phi) is 5.12. The van der Waals surface area contributed by atoms with Crippen molar-refractivity contribution in [1.82, 2.24) is 4.57 Å². The number of aliphatic imine (C=N–C) groups is 1. The quantitative estimate of drug-likeness (QED) is 0.680. The van der Waals surface area contributed by atoms with Crippen LogP contribution in [0.4, 0.5) is 14.9 Å². The molecule has 3 aromatic rings. The van der Waals surface area contributed by atoms with Gasteiger partial charge in [0.05, 0.1) is 17.8 Å². The fraction of sp³-hybridized carbons (Fsp3) is 0.227. The molecule has 148 valence electrons. The van der Waals surface area contributed by atoms with Gasteiger partial charge in [-0.15, -0.1) is 0 Å². The van der Waals surface area contributed by atoms with Crippen molar-refractivity contribution < 1.29 is 18.7 Å². The number of rotatable bonds is 3. The van der Waals surface area contributed by atoms with Crippen LogP contribution in [-0.2, 0) is 16.0 Å². The standard InChI is InChI=1S/C22H20FN3O3/c1-2-29-21(27)18-13-24-12-11-17-16-5-3-4-6-19(16)26(20(17)18)22(28)25-15-9-7-14(23)8-10-15/h3-10,13,18H,2,11-12H2,1H3,(H,25,28). The summed E-state index contributed by atoms with van der Waals surface area (Å²) in [5.74, 6) is -1.61. The van der Waals surface area contributed by atoms with Crippen LogP contribution in [0, 0.1) is 5.82 Å². The van der Waals surface area contributed by atoms with Gasteiger partial charge in [0, 0.05) is 23.8 Å². The van der Waals surface area contributed by atoms with Crippen molar-refractivity contribution in [3.8, 4) is 0 Å². The van der Waals surface area contributed by atoms with E-state index in [1.165, 1.54) is 28.8 Å². The Labute approximate surface area is 167 Å². The predicted molar refractivity (Wildman–Crippen MR) is 109 cm³/mol. The molecule has 2 heterocycles. The molecular weight excluding hydrogens is 373 g/mol. The molecule has 1 N–H and O–H groups in total. The largest absolute Gasteiger partial charge is 0.465 e. The first-order chi connectivity index (χ1) is 14.1. The van der Waals surface area contributed by atoms with Gasteiger partial charge in [0.1, 0.15) is 11.7 Å². The Bertz CT molecular complexity index is 1100. The number of carbonyl (C=O) groups excluding carboxylic acids is 2. The summed E-state index contributed by atoms with van der Waals surface area (Å²) in [7, 11) is 0. The number of aromatic nitrogens is 1. The maximum absolute atomic E-state index is 13.2. The summed E-state index contributed by atoms with van der Waals surface area (Å²) in [4.78, 5) is 30.2. The maximum Gasteiger partial charge on any atom is 0.330 e. The number of amides is 1. The lowest BCUT2D eigenvalue weighted by atomic mass is 10.00. The van der Waals surface area contributed by atoms with Crippen molar-refractivity contribution in [3.05, 3.63) is 65.6 Å². The third-order valence-corrected chi connectivity index (χ3v) is 4.90. The molecular formula is C22H20FN3O3. The van der Waals surface area contributed by atoms with E-state index in [9.17, 15) is 14.0 Å². The molecule has 4 rings (SSSR count). The molecule has 6 nitrogen and oxygen atoms in total. The first-order valence-electron chi connectivity index (χ1n) is 9.46. The maximum atomic E-state index is 13.2. The highest BCUT2D eigenvalue weighted by molar-refractivity contribution is 6.05. The second-order valence-electron chi connectivity index (χ2n) is 6.69. The fourth-order valence-corrected chi connectivity index (χ4v) is 3.68. The molecule has 2 aromatic carbocycles. The molecule has 0 saturated carbocycles. The molecule has 0 bridgehead atoms. The van der Waals surface area contributed by atoms with E-state index in [-0.39, 0.29) is 12.4 Å². The van der Waals surface area contributed by atoms with Crippen molar-refractivity contribution in [2.75, 3.05) is 18.5 Å². The van der Waals surface area contributed by atoms with Crippen molar-refractivity contribution in [2.45, 2.75) is 19.3 Å². The highest BCUT2D eigenvalue weighted by Gasteiger charge is 2.32. The number of anilines is 1. The number of hydrogen-bond acceptors (Lipinski definition) is 4. The lowest BCUT2D eigenvalue weighted by molar-refractivity contribution is -0.143. The van der Waals surface area contributed by atoms with Crippen molar-refractivity contribution >= 4 is 34.8 Å². The monoisotopic (exact) mass is 393 g/mol. The average Bonchev–Trinajstić information content (AvgIpc) is 2.88. The van der Waals surface area contributed by atoms with E-state index < -0.39 is 17.9 Å². The summed E-state index contributed by atoms with van der Waals surface area (Å²) in [5, 5.41) is 3.69. The number of halogens is 1.